The van der Waals surface area contributed by atoms with Gasteiger partial charge < -0.3 is 10.2 Å². The maximum atomic E-state index is 12.9. The molecule has 1 heterocycles. The highest BCUT2D eigenvalue weighted by Gasteiger charge is 2.38. The molecule has 0 amide bonds. The third kappa shape index (κ3) is 3.06. The van der Waals surface area contributed by atoms with Crippen molar-refractivity contribution in [3.8, 4) is 0 Å². The summed E-state index contributed by atoms with van der Waals surface area (Å²) in [6.45, 7) is 2.34. The van der Waals surface area contributed by atoms with Gasteiger partial charge in [-0.3, -0.25) is 0 Å². The van der Waals surface area contributed by atoms with Crippen LogP contribution in [0.2, 0.25) is 0 Å². The lowest BCUT2D eigenvalue weighted by atomic mass is 9.94. The largest absolute Gasteiger partial charge is 0.416 e. The zero-order chi connectivity index (χ0) is 15.1. The Morgan fingerprint density at radius 2 is 1.90 bits per heavy atom. The summed E-state index contributed by atoms with van der Waals surface area (Å²) in [6, 6.07) is 3.89. The van der Waals surface area contributed by atoms with Crippen LogP contribution < -0.4 is 10.2 Å². The summed E-state index contributed by atoms with van der Waals surface area (Å²) >= 11 is 3.40. The van der Waals surface area contributed by atoms with Crippen molar-refractivity contribution in [3.05, 3.63) is 28.2 Å². The Labute approximate surface area is 130 Å². The number of benzene rings is 1. The number of nitrogens with one attached hydrogen (secondary N) is 1. The van der Waals surface area contributed by atoms with E-state index in [0.717, 1.165) is 43.0 Å². The number of rotatable bonds is 1. The molecule has 1 saturated carbocycles. The number of hydrogen-bond acceptors (Lipinski definition) is 2. The van der Waals surface area contributed by atoms with Crippen molar-refractivity contribution in [2.24, 2.45) is 0 Å². The Bertz CT molecular complexity index is 524. The number of piperazine rings is 1. The van der Waals surface area contributed by atoms with Crippen molar-refractivity contribution >= 4 is 21.6 Å². The van der Waals surface area contributed by atoms with Crippen molar-refractivity contribution in [3.63, 3.8) is 0 Å². The fourth-order valence-electron chi connectivity index (χ4n) is 3.48. The third-order valence-corrected chi connectivity index (χ3v) is 5.22. The van der Waals surface area contributed by atoms with Gasteiger partial charge in [-0.05, 0) is 47.0 Å². The molecule has 1 saturated heterocycles. The van der Waals surface area contributed by atoms with E-state index >= 15 is 0 Å². The van der Waals surface area contributed by atoms with Gasteiger partial charge in [-0.15, -0.1) is 0 Å². The van der Waals surface area contributed by atoms with Gasteiger partial charge in [-0.2, -0.15) is 13.2 Å². The molecule has 1 aromatic rings. The van der Waals surface area contributed by atoms with Crippen LogP contribution in [-0.2, 0) is 6.18 Å². The van der Waals surface area contributed by atoms with E-state index in [2.05, 4.69) is 26.1 Å². The summed E-state index contributed by atoms with van der Waals surface area (Å²) in [5.74, 6) is 0. The molecule has 1 N–H and O–H groups in total. The molecule has 1 aliphatic carbocycles. The van der Waals surface area contributed by atoms with E-state index in [1.807, 2.05) is 0 Å². The van der Waals surface area contributed by atoms with Gasteiger partial charge in [0.15, 0.2) is 0 Å². The van der Waals surface area contributed by atoms with Crippen LogP contribution in [0.15, 0.2) is 22.7 Å². The quantitative estimate of drug-likeness (QED) is 0.805. The van der Waals surface area contributed by atoms with Crippen molar-refractivity contribution in [1.82, 2.24) is 5.32 Å². The molecule has 116 valence electrons. The highest BCUT2D eigenvalue weighted by molar-refractivity contribution is 9.10. The van der Waals surface area contributed by atoms with Gasteiger partial charge in [0.2, 0.25) is 0 Å². The second-order valence-corrected chi connectivity index (χ2v) is 6.85. The molecule has 3 rings (SSSR count). The highest BCUT2D eigenvalue weighted by atomic mass is 79.9. The molecule has 0 radical (unpaired) electrons. The Morgan fingerprint density at radius 3 is 2.57 bits per heavy atom. The average Bonchev–Trinajstić information content (AvgIpc) is 2.86. The summed E-state index contributed by atoms with van der Waals surface area (Å²) in [5, 5.41) is 3.58. The summed E-state index contributed by atoms with van der Waals surface area (Å²) in [4.78, 5) is 2.08. The number of alkyl halides is 3. The van der Waals surface area contributed by atoms with Gasteiger partial charge in [0.25, 0.3) is 0 Å². The SMILES string of the molecule is FC(F)(F)c1ccc(Br)c(N2CCNC3(CCCC3)C2)c1. The summed E-state index contributed by atoms with van der Waals surface area (Å²) < 4.78 is 39.5. The van der Waals surface area contributed by atoms with Gasteiger partial charge in [-0.25, -0.2) is 0 Å². The van der Waals surface area contributed by atoms with E-state index in [-0.39, 0.29) is 5.54 Å². The molecule has 6 heteroatoms. The third-order valence-electron chi connectivity index (χ3n) is 4.55. The second-order valence-electron chi connectivity index (χ2n) is 6.00. The Morgan fingerprint density at radius 1 is 1.19 bits per heavy atom. The molecular formula is C15H18BrF3N2. The Balaban J connectivity index is 1.89. The minimum atomic E-state index is -4.30. The zero-order valence-electron chi connectivity index (χ0n) is 11.6. The summed E-state index contributed by atoms with van der Waals surface area (Å²) in [6.07, 6.45) is 0.323. The fraction of sp³-hybridized carbons (Fsp3) is 0.600. The Hall–Kier alpha value is -0.750. The normalized spacial score (nSPS) is 22.0. The van der Waals surface area contributed by atoms with E-state index in [1.54, 1.807) is 0 Å². The van der Waals surface area contributed by atoms with Crippen LogP contribution in [0.5, 0.6) is 0 Å². The minimum Gasteiger partial charge on any atom is -0.367 e. The zero-order valence-corrected chi connectivity index (χ0v) is 13.2. The second kappa shape index (κ2) is 5.47. The van der Waals surface area contributed by atoms with Gasteiger partial charge in [-0.1, -0.05) is 12.8 Å². The molecule has 1 aromatic carbocycles. The molecule has 0 atom stereocenters. The number of halogens is 4. The first kappa shape index (κ1) is 15.2. The molecule has 2 fully saturated rings. The number of nitrogens with zero attached hydrogens (tertiary/aromatic N) is 1. The van der Waals surface area contributed by atoms with Gasteiger partial charge >= 0.3 is 6.18 Å². The van der Waals surface area contributed by atoms with Gasteiger partial charge in [0.1, 0.15) is 0 Å². The maximum absolute atomic E-state index is 12.9. The van der Waals surface area contributed by atoms with Crippen LogP contribution in [0.4, 0.5) is 18.9 Å². The van der Waals surface area contributed by atoms with Crippen LogP contribution >= 0.6 is 15.9 Å². The summed E-state index contributed by atoms with van der Waals surface area (Å²) in [7, 11) is 0. The molecule has 21 heavy (non-hydrogen) atoms. The van der Waals surface area contributed by atoms with Crippen LogP contribution in [0.3, 0.4) is 0 Å². The predicted octanol–water partition coefficient (Wildman–Crippen LogP) is 4.19. The first-order valence-corrected chi connectivity index (χ1v) is 8.06. The maximum Gasteiger partial charge on any atom is 0.416 e. The average molecular weight is 363 g/mol. The summed E-state index contributed by atoms with van der Waals surface area (Å²) in [5.41, 5.74) is 0.156. The van der Waals surface area contributed by atoms with Gasteiger partial charge in [0, 0.05) is 29.6 Å². The first-order chi connectivity index (χ1) is 9.90. The molecule has 1 spiro atoms. The lowest BCUT2D eigenvalue weighted by Gasteiger charge is -2.43. The minimum absolute atomic E-state index is 0.0892. The fourth-order valence-corrected chi connectivity index (χ4v) is 3.98. The standard InChI is InChI=1S/C15H18BrF3N2/c16-12-4-3-11(15(17,18)19)9-13(12)21-8-7-20-14(10-21)5-1-2-6-14/h3-4,9,20H,1-2,5-8,10H2. The first-order valence-electron chi connectivity index (χ1n) is 7.26. The smallest absolute Gasteiger partial charge is 0.367 e. The van der Waals surface area contributed by atoms with Crippen LogP contribution in [-0.4, -0.2) is 25.2 Å². The van der Waals surface area contributed by atoms with Crippen molar-refractivity contribution in [2.45, 2.75) is 37.4 Å². The number of anilines is 1. The van der Waals surface area contributed by atoms with Gasteiger partial charge in [0.05, 0.1) is 11.3 Å². The van der Waals surface area contributed by atoms with Crippen LogP contribution in [0.25, 0.3) is 0 Å². The lowest BCUT2D eigenvalue weighted by molar-refractivity contribution is -0.137. The highest BCUT2D eigenvalue weighted by Crippen LogP contribution is 2.38. The van der Waals surface area contributed by atoms with Crippen molar-refractivity contribution < 1.29 is 13.2 Å². The van der Waals surface area contributed by atoms with Crippen LogP contribution in [0.1, 0.15) is 31.2 Å². The van der Waals surface area contributed by atoms with Crippen LogP contribution in [0, 0.1) is 0 Å². The molecular weight excluding hydrogens is 345 g/mol. The van der Waals surface area contributed by atoms with E-state index < -0.39 is 11.7 Å². The van der Waals surface area contributed by atoms with Crippen molar-refractivity contribution in [2.75, 3.05) is 24.5 Å². The predicted molar refractivity (Wildman–Crippen MR) is 80.6 cm³/mol. The molecule has 2 nitrogen and oxygen atoms in total. The molecule has 2 aliphatic rings. The Kier molecular flexibility index (Phi) is 3.94. The molecule has 0 unspecified atom stereocenters. The molecule has 0 aromatic heterocycles. The number of hydrogen-bond donors (Lipinski definition) is 1. The van der Waals surface area contributed by atoms with E-state index in [9.17, 15) is 13.2 Å². The van der Waals surface area contributed by atoms with E-state index in [4.69, 9.17) is 0 Å². The topological polar surface area (TPSA) is 15.3 Å². The van der Waals surface area contributed by atoms with E-state index in [0.29, 0.717) is 5.69 Å². The monoisotopic (exact) mass is 362 g/mol. The van der Waals surface area contributed by atoms with E-state index in [1.165, 1.54) is 25.0 Å². The van der Waals surface area contributed by atoms with Crippen molar-refractivity contribution in [1.29, 1.82) is 0 Å². The molecule has 0 bridgehead atoms. The molecule has 1 aliphatic heterocycles. The lowest BCUT2D eigenvalue weighted by Crippen LogP contribution is -2.59.